The number of amides is 2. The fourth-order valence-electron chi connectivity index (χ4n) is 3.02. The number of thiazole rings is 1. The van der Waals surface area contributed by atoms with E-state index >= 15 is 0 Å². The normalized spacial score (nSPS) is 13.5. The summed E-state index contributed by atoms with van der Waals surface area (Å²) >= 11 is 1.30. The Labute approximate surface area is 183 Å². The van der Waals surface area contributed by atoms with E-state index in [0.717, 1.165) is 18.2 Å². The lowest BCUT2D eigenvalue weighted by Crippen LogP contribution is -2.41. The highest BCUT2D eigenvalue weighted by molar-refractivity contribution is 7.17. The van der Waals surface area contributed by atoms with Gasteiger partial charge >= 0.3 is 0 Å². The van der Waals surface area contributed by atoms with Crippen molar-refractivity contribution >= 4 is 28.3 Å². The van der Waals surface area contributed by atoms with E-state index in [1.807, 2.05) is 30.3 Å². The topological polar surface area (TPSA) is 92.8 Å². The molecule has 2 amide bonds. The maximum Gasteiger partial charge on any atom is 0.281 e. The molecule has 0 aliphatic carbocycles. The van der Waals surface area contributed by atoms with Crippen LogP contribution in [0.3, 0.4) is 0 Å². The number of nitrogens with one attached hydrogen (secondary N) is 2. The molecule has 31 heavy (non-hydrogen) atoms. The summed E-state index contributed by atoms with van der Waals surface area (Å²) in [6.07, 6.45) is 0. The van der Waals surface area contributed by atoms with Crippen LogP contribution in [0.4, 0.5) is 5.13 Å². The van der Waals surface area contributed by atoms with Crippen molar-refractivity contribution in [3.05, 3.63) is 70.7 Å². The third-order valence-electron chi connectivity index (χ3n) is 4.66. The molecule has 2 N–H and O–H groups in total. The molecule has 1 saturated heterocycles. The molecule has 2 aromatic carbocycles. The van der Waals surface area contributed by atoms with Crippen molar-refractivity contribution in [3.8, 4) is 11.5 Å². The number of nitrogens with zero attached hydrogens (tertiary/aromatic N) is 2. The molecule has 1 aliphatic rings. The molecule has 3 aromatic rings. The van der Waals surface area contributed by atoms with Gasteiger partial charge in [-0.25, -0.2) is 4.98 Å². The van der Waals surface area contributed by atoms with Gasteiger partial charge in [0.1, 0.15) is 16.4 Å². The number of carbonyl (C=O) groups is 2. The largest absolute Gasteiger partial charge is 0.457 e. The van der Waals surface area contributed by atoms with Gasteiger partial charge < -0.3 is 14.4 Å². The van der Waals surface area contributed by atoms with Crippen molar-refractivity contribution < 1.29 is 19.1 Å². The minimum absolute atomic E-state index is 0.396. The van der Waals surface area contributed by atoms with Crippen LogP contribution in [0.2, 0.25) is 0 Å². The van der Waals surface area contributed by atoms with Crippen molar-refractivity contribution in [1.29, 1.82) is 0 Å². The number of aryl methyl sites for hydroxylation is 1. The fourth-order valence-corrected chi connectivity index (χ4v) is 4.04. The van der Waals surface area contributed by atoms with Gasteiger partial charge in [0.15, 0.2) is 5.13 Å². The van der Waals surface area contributed by atoms with E-state index < -0.39 is 11.8 Å². The number of aromatic nitrogens is 1. The van der Waals surface area contributed by atoms with Gasteiger partial charge in [-0.3, -0.25) is 20.4 Å². The number of hydrogen-bond donors (Lipinski definition) is 2. The molecule has 4 rings (SSSR count). The van der Waals surface area contributed by atoms with E-state index in [9.17, 15) is 9.59 Å². The Bertz CT molecular complexity index is 1050. The Balaban J connectivity index is 1.33. The number of rotatable bonds is 5. The van der Waals surface area contributed by atoms with E-state index in [2.05, 4.69) is 20.7 Å². The van der Waals surface area contributed by atoms with Crippen molar-refractivity contribution in [2.45, 2.75) is 6.92 Å². The Hall–Kier alpha value is -3.43. The molecule has 2 heterocycles. The number of carbonyl (C=O) groups excluding carboxylic acids is 2. The maximum atomic E-state index is 12.5. The highest BCUT2D eigenvalue weighted by atomic mass is 32.1. The van der Waals surface area contributed by atoms with Crippen LogP contribution in [0.1, 0.15) is 25.7 Å². The van der Waals surface area contributed by atoms with E-state index in [1.165, 1.54) is 11.3 Å². The van der Waals surface area contributed by atoms with Crippen molar-refractivity contribution in [1.82, 2.24) is 15.8 Å². The molecule has 1 aromatic heterocycles. The van der Waals surface area contributed by atoms with Crippen LogP contribution in [0.25, 0.3) is 0 Å². The molecule has 9 heteroatoms. The fraction of sp³-hybridized carbons (Fsp3) is 0.227. The summed E-state index contributed by atoms with van der Waals surface area (Å²) in [7, 11) is 0. The van der Waals surface area contributed by atoms with Crippen LogP contribution in [0, 0.1) is 6.92 Å². The van der Waals surface area contributed by atoms with E-state index in [1.54, 1.807) is 31.2 Å². The third kappa shape index (κ3) is 5.19. The number of benzene rings is 2. The van der Waals surface area contributed by atoms with Gasteiger partial charge in [-0.2, -0.15) is 0 Å². The SMILES string of the molecule is Cc1nc(N2CCOCC2)sc1C(=O)NNC(=O)c1ccc(Oc2ccccc2)cc1. The Morgan fingerprint density at radius 2 is 1.61 bits per heavy atom. The minimum Gasteiger partial charge on any atom is -0.457 e. The first-order valence-electron chi connectivity index (χ1n) is 9.84. The number of hydrazine groups is 1. The summed E-state index contributed by atoms with van der Waals surface area (Å²) in [5, 5.41) is 0.784. The molecule has 0 radical (unpaired) electrons. The van der Waals surface area contributed by atoms with Gasteiger partial charge in [0.25, 0.3) is 11.8 Å². The molecule has 0 atom stereocenters. The van der Waals surface area contributed by atoms with Crippen LogP contribution in [-0.4, -0.2) is 43.1 Å². The molecule has 8 nitrogen and oxygen atoms in total. The van der Waals surface area contributed by atoms with Crippen LogP contribution in [0.5, 0.6) is 11.5 Å². The zero-order valence-corrected chi connectivity index (χ0v) is 17.8. The monoisotopic (exact) mass is 438 g/mol. The van der Waals surface area contributed by atoms with Gasteiger partial charge in [-0.1, -0.05) is 29.5 Å². The summed E-state index contributed by atoms with van der Waals surface area (Å²) in [4.78, 5) is 32.0. The highest BCUT2D eigenvalue weighted by Crippen LogP contribution is 2.26. The molecule has 0 spiro atoms. The maximum absolute atomic E-state index is 12.5. The van der Waals surface area contributed by atoms with Gasteiger partial charge in [0.2, 0.25) is 0 Å². The Morgan fingerprint density at radius 3 is 2.32 bits per heavy atom. The number of ether oxygens (including phenoxy) is 2. The standard InChI is InChI=1S/C22H22N4O4S/c1-15-19(31-22(23-15)26-11-13-29-14-12-26)21(28)25-24-20(27)16-7-9-18(10-8-16)30-17-5-3-2-4-6-17/h2-10H,11-14H2,1H3,(H,24,27)(H,25,28). The lowest BCUT2D eigenvalue weighted by atomic mass is 10.2. The smallest absolute Gasteiger partial charge is 0.281 e. The van der Waals surface area contributed by atoms with Crippen LogP contribution in [0.15, 0.2) is 54.6 Å². The highest BCUT2D eigenvalue weighted by Gasteiger charge is 2.21. The summed E-state index contributed by atoms with van der Waals surface area (Å²) < 4.78 is 11.1. The molecule has 0 unspecified atom stereocenters. The summed E-state index contributed by atoms with van der Waals surface area (Å²) in [6.45, 7) is 4.56. The van der Waals surface area contributed by atoms with Crippen LogP contribution < -0.4 is 20.5 Å². The third-order valence-corrected chi connectivity index (χ3v) is 5.88. The molecular formula is C22H22N4O4S. The average Bonchev–Trinajstić information content (AvgIpc) is 3.21. The predicted molar refractivity (Wildman–Crippen MR) is 118 cm³/mol. The average molecular weight is 439 g/mol. The molecular weight excluding hydrogens is 416 g/mol. The Kier molecular flexibility index (Phi) is 6.44. The number of morpholine rings is 1. The van der Waals surface area contributed by atoms with Gasteiger partial charge in [0.05, 0.1) is 18.9 Å². The van der Waals surface area contributed by atoms with E-state index in [4.69, 9.17) is 9.47 Å². The zero-order valence-electron chi connectivity index (χ0n) is 17.0. The molecule has 1 fully saturated rings. The molecule has 0 bridgehead atoms. The first-order chi connectivity index (χ1) is 15.1. The lowest BCUT2D eigenvalue weighted by Gasteiger charge is -2.25. The second-order valence-electron chi connectivity index (χ2n) is 6.86. The number of hydrogen-bond acceptors (Lipinski definition) is 7. The minimum atomic E-state index is -0.421. The summed E-state index contributed by atoms with van der Waals surface area (Å²) in [5.74, 6) is 0.508. The number of para-hydroxylation sites is 1. The molecule has 1 aliphatic heterocycles. The molecule has 160 valence electrons. The molecule has 0 saturated carbocycles. The lowest BCUT2D eigenvalue weighted by molar-refractivity contribution is 0.0848. The summed E-state index contributed by atoms with van der Waals surface area (Å²) in [5.41, 5.74) is 5.94. The zero-order chi connectivity index (χ0) is 21.6. The second kappa shape index (κ2) is 9.59. The van der Waals surface area contributed by atoms with Gasteiger partial charge in [-0.15, -0.1) is 0 Å². The second-order valence-corrected chi connectivity index (χ2v) is 7.84. The van der Waals surface area contributed by atoms with Crippen LogP contribution >= 0.6 is 11.3 Å². The van der Waals surface area contributed by atoms with Gasteiger partial charge in [-0.05, 0) is 43.3 Å². The van der Waals surface area contributed by atoms with Crippen LogP contribution in [-0.2, 0) is 4.74 Å². The quantitative estimate of drug-likeness (QED) is 0.595. The van der Waals surface area contributed by atoms with E-state index in [0.29, 0.717) is 40.8 Å². The van der Waals surface area contributed by atoms with Crippen molar-refractivity contribution in [2.24, 2.45) is 0 Å². The number of anilines is 1. The predicted octanol–water partition coefficient (Wildman–Crippen LogP) is 3.16. The Morgan fingerprint density at radius 1 is 0.968 bits per heavy atom. The van der Waals surface area contributed by atoms with Crippen molar-refractivity contribution in [2.75, 3.05) is 31.2 Å². The van der Waals surface area contributed by atoms with Gasteiger partial charge in [0, 0.05) is 18.7 Å². The van der Waals surface area contributed by atoms with Crippen molar-refractivity contribution in [3.63, 3.8) is 0 Å². The van der Waals surface area contributed by atoms with E-state index in [-0.39, 0.29) is 0 Å². The first-order valence-corrected chi connectivity index (χ1v) is 10.7. The summed E-state index contributed by atoms with van der Waals surface area (Å²) in [6, 6.07) is 16.0. The first kappa shape index (κ1) is 20.8.